The SMILES string of the molecule is CC(C)(C)[C@@H](NC[C@@H](CNC(=O)O)O[Si](C)(C)C(C)(C)C)c1nc(-c2cc(F)ccc2F)cn1Cc1ccccc1. The second kappa shape index (κ2) is 12.8. The van der Waals surface area contributed by atoms with Crippen LogP contribution in [0.1, 0.15) is 59.0 Å². The van der Waals surface area contributed by atoms with Crippen LogP contribution in [0, 0.1) is 17.0 Å². The van der Waals surface area contributed by atoms with Crippen LogP contribution >= 0.6 is 0 Å². The zero-order chi connectivity index (χ0) is 30.6. The summed E-state index contributed by atoms with van der Waals surface area (Å²) >= 11 is 0. The van der Waals surface area contributed by atoms with Gasteiger partial charge in [0.1, 0.15) is 17.5 Å². The molecule has 0 aliphatic heterocycles. The number of carboxylic acid groups (broad SMARTS) is 1. The number of benzene rings is 2. The van der Waals surface area contributed by atoms with Crippen molar-refractivity contribution in [2.75, 3.05) is 13.1 Å². The number of carbonyl (C=O) groups is 1. The van der Waals surface area contributed by atoms with Crippen molar-refractivity contribution >= 4 is 14.4 Å². The first kappa shape index (κ1) is 32.4. The summed E-state index contributed by atoms with van der Waals surface area (Å²) < 4.78 is 37.5. The highest BCUT2D eigenvalue weighted by Crippen LogP contribution is 2.38. The van der Waals surface area contributed by atoms with Gasteiger partial charge in [0, 0.05) is 31.4 Å². The van der Waals surface area contributed by atoms with Crippen molar-refractivity contribution in [1.29, 1.82) is 0 Å². The van der Waals surface area contributed by atoms with Crippen LogP contribution in [0.2, 0.25) is 18.1 Å². The van der Waals surface area contributed by atoms with Gasteiger partial charge in [0.2, 0.25) is 0 Å². The molecular formula is C31H44F2N4O3Si. The lowest BCUT2D eigenvalue weighted by Gasteiger charge is -2.40. The predicted molar refractivity (Wildman–Crippen MR) is 161 cm³/mol. The molecule has 7 nitrogen and oxygen atoms in total. The van der Waals surface area contributed by atoms with Gasteiger partial charge in [-0.05, 0) is 47.3 Å². The first-order chi connectivity index (χ1) is 19.0. The number of amides is 1. The molecule has 0 radical (unpaired) electrons. The molecule has 0 saturated carbocycles. The van der Waals surface area contributed by atoms with Gasteiger partial charge in [-0.25, -0.2) is 18.6 Å². The van der Waals surface area contributed by atoms with Gasteiger partial charge in [-0.3, -0.25) is 0 Å². The summed E-state index contributed by atoms with van der Waals surface area (Å²) in [7, 11) is -2.22. The van der Waals surface area contributed by atoms with Gasteiger partial charge >= 0.3 is 6.09 Å². The first-order valence-corrected chi connectivity index (χ1v) is 16.8. The van der Waals surface area contributed by atoms with Crippen molar-refractivity contribution in [3.63, 3.8) is 0 Å². The van der Waals surface area contributed by atoms with E-state index in [-0.39, 0.29) is 28.6 Å². The molecule has 0 spiro atoms. The van der Waals surface area contributed by atoms with E-state index in [9.17, 15) is 18.7 Å². The molecule has 3 aromatic rings. The normalized spacial score (nSPS) is 14.1. The third kappa shape index (κ3) is 8.70. The van der Waals surface area contributed by atoms with Crippen molar-refractivity contribution < 1.29 is 23.1 Å². The van der Waals surface area contributed by atoms with Crippen molar-refractivity contribution in [3.05, 3.63) is 77.8 Å². The molecule has 3 N–H and O–H groups in total. The van der Waals surface area contributed by atoms with Crippen LogP contribution in [0.15, 0.2) is 54.7 Å². The molecule has 1 aromatic heterocycles. The van der Waals surface area contributed by atoms with Gasteiger partial charge in [-0.2, -0.15) is 0 Å². The van der Waals surface area contributed by atoms with Gasteiger partial charge < -0.3 is 24.7 Å². The number of aromatic nitrogens is 2. The summed E-state index contributed by atoms with van der Waals surface area (Å²) in [5.74, 6) is -0.426. The van der Waals surface area contributed by atoms with Crippen molar-refractivity contribution in [3.8, 4) is 11.3 Å². The van der Waals surface area contributed by atoms with Gasteiger partial charge in [-0.1, -0.05) is 71.9 Å². The number of nitrogens with zero attached hydrogens (tertiary/aromatic N) is 2. The monoisotopic (exact) mass is 586 g/mol. The molecule has 0 aliphatic carbocycles. The van der Waals surface area contributed by atoms with Crippen LogP contribution in [0.3, 0.4) is 0 Å². The van der Waals surface area contributed by atoms with E-state index >= 15 is 0 Å². The summed E-state index contributed by atoms with van der Waals surface area (Å²) in [4.78, 5) is 16.2. The third-order valence-electron chi connectivity index (χ3n) is 7.63. The molecule has 41 heavy (non-hydrogen) atoms. The van der Waals surface area contributed by atoms with E-state index in [0.717, 1.165) is 23.8 Å². The Morgan fingerprint density at radius 1 is 1.05 bits per heavy atom. The lowest BCUT2D eigenvalue weighted by atomic mass is 9.86. The van der Waals surface area contributed by atoms with E-state index in [1.807, 2.05) is 34.9 Å². The van der Waals surface area contributed by atoms with E-state index in [2.05, 4.69) is 65.3 Å². The van der Waals surface area contributed by atoms with Crippen molar-refractivity contribution in [2.45, 2.75) is 78.4 Å². The molecule has 0 bridgehead atoms. The molecule has 224 valence electrons. The number of halogens is 2. The number of imidazole rings is 1. The van der Waals surface area contributed by atoms with Crippen molar-refractivity contribution in [1.82, 2.24) is 20.2 Å². The molecule has 3 rings (SSSR count). The molecular weight excluding hydrogens is 542 g/mol. The van der Waals surface area contributed by atoms with Gasteiger partial charge in [0.05, 0.1) is 17.8 Å². The molecule has 0 unspecified atom stereocenters. The standard InChI is InChI=1S/C31H44F2N4O3Si/c1-30(2,3)27(34-17-23(18-35-29(38)39)40-41(7,8)31(4,5)6)28-36-26(24-16-22(32)14-15-25(24)33)20-37(28)19-21-12-10-9-11-13-21/h9-16,20,23,27,34-35H,17-19H2,1-8H3,(H,38,39)/t23-,27-/m0/s1. The van der Waals surface area contributed by atoms with E-state index in [4.69, 9.17) is 9.41 Å². The highest BCUT2D eigenvalue weighted by Gasteiger charge is 2.40. The summed E-state index contributed by atoms with van der Waals surface area (Å²) in [6, 6.07) is 12.9. The van der Waals surface area contributed by atoms with E-state index in [1.165, 1.54) is 0 Å². The van der Waals surface area contributed by atoms with Crippen LogP contribution in [0.4, 0.5) is 13.6 Å². The molecule has 0 aliphatic rings. The average molecular weight is 587 g/mol. The van der Waals surface area contributed by atoms with Crippen LogP contribution < -0.4 is 10.6 Å². The fourth-order valence-electron chi connectivity index (χ4n) is 4.38. The maximum atomic E-state index is 14.8. The minimum Gasteiger partial charge on any atom is -0.465 e. The minimum atomic E-state index is -2.22. The second-order valence-electron chi connectivity index (χ2n) is 13.1. The predicted octanol–water partition coefficient (Wildman–Crippen LogP) is 7.21. The highest BCUT2D eigenvalue weighted by molar-refractivity contribution is 6.74. The zero-order valence-corrected chi connectivity index (χ0v) is 26.4. The molecule has 2 aromatic carbocycles. The molecule has 10 heteroatoms. The zero-order valence-electron chi connectivity index (χ0n) is 25.4. The Balaban J connectivity index is 2.02. The Morgan fingerprint density at radius 2 is 1.71 bits per heavy atom. The van der Waals surface area contributed by atoms with Crippen LogP contribution in [-0.4, -0.2) is 48.3 Å². The summed E-state index contributed by atoms with van der Waals surface area (Å²) in [5.41, 5.74) is 1.12. The number of hydrogen-bond donors (Lipinski definition) is 3. The van der Waals surface area contributed by atoms with Crippen LogP contribution in [0.25, 0.3) is 11.3 Å². The maximum Gasteiger partial charge on any atom is 0.404 e. The Labute approximate surface area is 243 Å². The average Bonchev–Trinajstić information content (AvgIpc) is 3.25. The summed E-state index contributed by atoms with van der Waals surface area (Å²) in [5, 5.41) is 15.3. The quantitative estimate of drug-likeness (QED) is 0.207. The Bertz CT molecular complexity index is 1320. The molecule has 2 atom stereocenters. The van der Waals surface area contributed by atoms with E-state index < -0.39 is 32.1 Å². The number of hydrogen-bond acceptors (Lipinski definition) is 4. The second-order valence-corrected chi connectivity index (χ2v) is 17.9. The maximum absolute atomic E-state index is 14.8. The largest absolute Gasteiger partial charge is 0.465 e. The number of rotatable bonds is 11. The Morgan fingerprint density at radius 3 is 2.29 bits per heavy atom. The van der Waals surface area contributed by atoms with Crippen LogP contribution in [0.5, 0.6) is 0 Å². The van der Waals surface area contributed by atoms with E-state index in [1.54, 1.807) is 6.20 Å². The fourth-order valence-corrected chi connectivity index (χ4v) is 5.73. The van der Waals surface area contributed by atoms with Gasteiger partial charge in [0.25, 0.3) is 0 Å². The van der Waals surface area contributed by atoms with Crippen LogP contribution in [-0.2, 0) is 11.0 Å². The molecule has 1 amide bonds. The van der Waals surface area contributed by atoms with Gasteiger partial charge in [0.15, 0.2) is 8.32 Å². The Hall–Kier alpha value is -3.08. The lowest BCUT2D eigenvalue weighted by molar-refractivity contribution is 0.146. The smallest absolute Gasteiger partial charge is 0.404 e. The fraction of sp³-hybridized carbons (Fsp3) is 0.484. The van der Waals surface area contributed by atoms with Crippen molar-refractivity contribution in [2.24, 2.45) is 5.41 Å². The number of nitrogens with one attached hydrogen (secondary N) is 2. The lowest BCUT2D eigenvalue weighted by Crippen LogP contribution is -2.51. The molecule has 0 saturated heterocycles. The summed E-state index contributed by atoms with van der Waals surface area (Å²) in [6.07, 6.45) is 0.229. The first-order valence-electron chi connectivity index (χ1n) is 13.9. The third-order valence-corrected chi connectivity index (χ3v) is 12.2. The molecule has 0 fully saturated rings. The topological polar surface area (TPSA) is 88.4 Å². The van der Waals surface area contributed by atoms with Gasteiger partial charge in [-0.15, -0.1) is 0 Å². The summed E-state index contributed by atoms with van der Waals surface area (Å²) in [6.45, 7) is 17.9. The van der Waals surface area contributed by atoms with E-state index in [0.29, 0.717) is 24.6 Å². The Kier molecular flexibility index (Phi) is 10.2. The minimum absolute atomic E-state index is 0.0617. The highest BCUT2D eigenvalue weighted by atomic mass is 28.4. The molecule has 1 heterocycles.